The minimum Gasteiger partial charge on any atom is -0.461 e. The smallest absolute Gasteiger partial charge is 0.335 e. The van der Waals surface area contributed by atoms with Gasteiger partial charge in [-0.2, -0.15) is 4.98 Å². The first kappa shape index (κ1) is 13.5. The minimum atomic E-state index is 0.412. The van der Waals surface area contributed by atoms with Crippen LogP contribution in [0.4, 0.5) is 0 Å². The Hall–Kier alpha value is -1.88. The van der Waals surface area contributed by atoms with Gasteiger partial charge in [0.25, 0.3) is 0 Å². The van der Waals surface area contributed by atoms with Gasteiger partial charge in [0.2, 0.25) is 0 Å². The van der Waals surface area contributed by atoms with E-state index in [0.29, 0.717) is 18.5 Å². The van der Waals surface area contributed by atoms with Gasteiger partial charge in [-0.05, 0) is 24.6 Å². The molecule has 0 spiro atoms. The fourth-order valence-corrected chi connectivity index (χ4v) is 1.62. The molecular weight excluding hydrogens is 240 g/mol. The molecule has 5 nitrogen and oxygen atoms in total. The van der Waals surface area contributed by atoms with E-state index in [1.807, 2.05) is 30.3 Å². The highest BCUT2D eigenvalue weighted by Gasteiger charge is 2.03. The highest BCUT2D eigenvalue weighted by Crippen LogP contribution is 2.07. The van der Waals surface area contributed by atoms with E-state index in [4.69, 9.17) is 4.74 Å². The van der Waals surface area contributed by atoms with Crippen LogP contribution in [0.3, 0.4) is 0 Å². The number of rotatable bonds is 7. The molecule has 0 aliphatic carbocycles. The summed E-state index contributed by atoms with van der Waals surface area (Å²) in [5, 5.41) is 7.58. The zero-order valence-corrected chi connectivity index (χ0v) is 11.4. The number of nitrogens with one attached hydrogen (secondary N) is 1. The predicted molar refractivity (Wildman–Crippen MR) is 74.6 cm³/mol. The second kappa shape index (κ2) is 6.89. The first-order valence-electron chi connectivity index (χ1n) is 6.56. The number of hydrogen-bond donors (Lipinski definition) is 1. The fraction of sp³-hybridized carbons (Fsp3) is 0.429. The molecule has 0 aliphatic rings. The van der Waals surface area contributed by atoms with Gasteiger partial charge in [0, 0.05) is 6.54 Å². The summed E-state index contributed by atoms with van der Waals surface area (Å²) in [6, 6.07) is 10.3. The van der Waals surface area contributed by atoms with Gasteiger partial charge >= 0.3 is 6.01 Å². The lowest BCUT2D eigenvalue weighted by atomic mass is 10.2. The third-order valence-corrected chi connectivity index (χ3v) is 2.55. The SMILES string of the molecule is CC(C)CNCCOc1ncn(-c2ccccc2)n1. The topological polar surface area (TPSA) is 52.0 Å². The summed E-state index contributed by atoms with van der Waals surface area (Å²) in [4.78, 5) is 4.13. The van der Waals surface area contributed by atoms with Gasteiger partial charge < -0.3 is 10.1 Å². The molecule has 1 aromatic carbocycles. The second-order valence-corrected chi connectivity index (χ2v) is 4.75. The van der Waals surface area contributed by atoms with Gasteiger partial charge in [0.15, 0.2) is 0 Å². The Morgan fingerprint density at radius 3 is 2.79 bits per heavy atom. The molecular formula is C14H20N4O. The molecule has 1 N–H and O–H groups in total. The number of para-hydroxylation sites is 1. The Balaban J connectivity index is 1.78. The monoisotopic (exact) mass is 260 g/mol. The van der Waals surface area contributed by atoms with Gasteiger partial charge in [0.1, 0.15) is 12.9 Å². The van der Waals surface area contributed by atoms with Gasteiger partial charge in [-0.15, -0.1) is 5.10 Å². The molecule has 0 radical (unpaired) electrons. The van der Waals surface area contributed by atoms with Gasteiger partial charge in [0.05, 0.1) is 5.69 Å². The van der Waals surface area contributed by atoms with E-state index < -0.39 is 0 Å². The normalized spacial score (nSPS) is 10.9. The molecule has 2 rings (SSSR count). The number of nitrogens with zero attached hydrogens (tertiary/aromatic N) is 3. The molecule has 0 unspecified atom stereocenters. The number of ether oxygens (including phenoxy) is 1. The lowest BCUT2D eigenvalue weighted by Gasteiger charge is -2.06. The minimum absolute atomic E-state index is 0.412. The molecule has 0 aliphatic heterocycles. The van der Waals surface area contributed by atoms with Crippen LogP contribution in [0.5, 0.6) is 6.01 Å². The second-order valence-electron chi connectivity index (χ2n) is 4.75. The maximum atomic E-state index is 5.48. The molecule has 5 heteroatoms. The van der Waals surface area contributed by atoms with Gasteiger partial charge in [-0.25, -0.2) is 4.68 Å². The fourth-order valence-electron chi connectivity index (χ4n) is 1.62. The van der Waals surface area contributed by atoms with Crippen LogP contribution in [0.1, 0.15) is 13.8 Å². The van der Waals surface area contributed by atoms with Crippen LogP contribution in [-0.4, -0.2) is 34.5 Å². The predicted octanol–water partition coefficient (Wildman–Crippen LogP) is 1.89. The van der Waals surface area contributed by atoms with Crippen LogP contribution in [0.25, 0.3) is 5.69 Å². The Kier molecular flexibility index (Phi) is 4.92. The number of aromatic nitrogens is 3. The third-order valence-electron chi connectivity index (χ3n) is 2.55. The summed E-state index contributed by atoms with van der Waals surface area (Å²) in [5.74, 6) is 0.649. The van der Waals surface area contributed by atoms with Crippen LogP contribution in [0.2, 0.25) is 0 Å². The first-order valence-corrected chi connectivity index (χ1v) is 6.56. The average molecular weight is 260 g/mol. The van der Waals surface area contributed by atoms with Crippen molar-refractivity contribution in [3.05, 3.63) is 36.7 Å². The van der Waals surface area contributed by atoms with Gasteiger partial charge in [-0.1, -0.05) is 32.0 Å². The van der Waals surface area contributed by atoms with E-state index in [2.05, 4.69) is 29.2 Å². The summed E-state index contributed by atoms with van der Waals surface area (Å²) in [6.07, 6.45) is 1.66. The highest BCUT2D eigenvalue weighted by atomic mass is 16.5. The quantitative estimate of drug-likeness (QED) is 0.772. The van der Waals surface area contributed by atoms with Crippen molar-refractivity contribution in [3.8, 4) is 11.7 Å². The van der Waals surface area contributed by atoms with E-state index >= 15 is 0 Å². The molecule has 2 aromatic rings. The van der Waals surface area contributed by atoms with E-state index in [-0.39, 0.29) is 0 Å². The molecule has 1 aromatic heterocycles. The molecule has 19 heavy (non-hydrogen) atoms. The summed E-state index contributed by atoms with van der Waals surface area (Å²) >= 11 is 0. The average Bonchev–Trinajstić information content (AvgIpc) is 2.88. The standard InChI is InChI=1S/C14H20N4O/c1-12(2)10-15-8-9-19-14-16-11-18(17-14)13-6-4-3-5-7-13/h3-7,11-12,15H,8-10H2,1-2H3. The summed E-state index contributed by atoms with van der Waals surface area (Å²) in [6.45, 7) is 6.73. The van der Waals surface area contributed by atoms with Crippen LogP contribution in [0.15, 0.2) is 36.7 Å². The Bertz CT molecular complexity index is 481. The Morgan fingerprint density at radius 1 is 1.26 bits per heavy atom. The van der Waals surface area contributed by atoms with Gasteiger partial charge in [-0.3, -0.25) is 0 Å². The van der Waals surface area contributed by atoms with Crippen molar-refractivity contribution in [2.75, 3.05) is 19.7 Å². The van der Waals surface area contributed by atoms with Crippen molar-refractivity contribution in [2.45, 2.75) is 13.8 Å². The molecule has 0 amide bonds. The third kappa shape index (κ3) is 4.37. The molecule has 1 heterocycles. The van der Waals surface area contributed by atoms with Crippen LogP contribution < -0.4 is 10.1 Å². The van der Waals surface area contributed by atoms with E-state index in [0.717, 1.165) is 18.8 Å². The summed E-state index contributed by atoms with van der Waals surface area (Å²) in [5.41, 5.74) is 0.975. The number of benzene rings is 1. The lowest BCUT2D eigenvalue weighted by molar-refractivity contribution is 0.288. The van der Waals surface area contributed by atoms with Crippen molar-refractivity contribution < 1.29 is 4.74 Å². The molecule has 0 saturated heterocycles. The van der Waals surface area contributed by atoms with Crippen molar-refractivity contribution in [3.63, 3.8) is 0 Å². The molecule has 0 saturated carbocycles. The maximum absolute atomic E-state index is 5.48. The largest absolute Gasteiger partial charge is 0.461 e. The van der Waals surface area contributed by atoms with E-state index in [9.17, 15) is 0 Å². The van der Waals surface area contributed by atoms with Crippen LogP contribution >= 0.6 is 0 Å². The molecule has 0 fully saturated rings. The molecule has 102 valence electrons. The maximum Gasteiger partial charge on any atom is 0.335 e. The zero-order valence-electron chi connectivity index (χ0n) is 11.4. The molecule has 0 atom stereocenters. The van der Waals surface area contributed by atoms with Crippen LogP contribution in [0, 0.1) is 5.92 Å². The highest BCUT2D eigenvalue weighted by molar-refractivity contribution is 5.29. The van der Waals surface area contributed by atoms with Crippen molar-refractivity contribution in [1.29, 1.82) is 0 Å². The lowest BCUT2D eigenvalue weighted by Crippen LogP contribution is -2.25. The number of hydrogen-bond acceptors (Lipinski definition) is 4. The van der Waals surface area contributed by atoms with Crippen molar-refractivity contribution in [1.82, 2.24) is 20.1 Å². The van der Waals surface area contributed by atoms with Crippen LogP contribution in [-0.2, 0) is 0 Å². The first-order chi connectivity index (χ1) is 9.25. The van der Waals surface area contributed by atoms with E-state index in [1.165, 1.54) is 0 Å². The Morgan fingerprint density at radius 2 is 2.05 bits per heavy atom. The van der Waals surface area contributed by atoms with Crippen molar-refractivity contribution in [2.24, 2.45) is 5.92 Å². The molecule has 0 bridgehead atoms. The van der Waals surface area contributed by atoms with Crippen molar-refractivity contribution >= 4 is 0 Å². The zero-order chi connectivity index (χ0) is 13.5. The summed E-state index contributed by atoms with van der Waals surface area (Å²) in [7, 11) is 0. The Labute approximate surface area is 113 Å². The summed E-state index contributed by atoms with van der Waals surface area (Å²) < 4.78 is 7.19. The van der Waals surface area contributed by atoms with E-state index in [1.54, 1.807) is 11.0 Å².